The first-order valence-corrected chi connectivity index (χ1v) is 8.20. The van der Waals surface area contributed by atoms with Gasteiger partial charge in [0.25, 0.3) is 0 Å². The van der Waals surface area contributed by atoms with Gasteiger partial charge in [-0.05, 0) is 54.5 Å². The van der Waals surface area contributed by atoms with Crippen LogP contribution in [-0.4, -0.2) is 24.3 Å². The van der Waals surface area contributed by atoms with E-state index in [1.165, 1.54) is 22.4 Å². The minimum absolute atomic E-state index is 0.242. The Hall–Kier alpha value is -1.80. The maximum absolute atomic E-state index is 9.61. The molecule has 3 rings (SSSR count). The van der Waals surface area contributed by atoms with Crippen molar-refractivity contribution in [2.75, 3.05) is 18.1 Å². The lowest BCUT2D eigenvalue weighted by molar-refractivity contribution is 0.245. The monoisotopic (exact) mass is 295 g/mol. The van der Waals surface area contributed by atoms with Gasteiger partial charge in [0.1, 0.15) is 0 Å². The van der Waals surface area contributed by atoms with E-state index < -0.39 is 0 Å². The third-order valence-corrected chi connectivity index (χ3v) is 4.99. The summed E-state index contributed by atoms with van der Waals surface area (Å²) >= 11 is 0. The summed E-state index contributed by atoms with van der Waals surface area (Å²) in [5.41, 5.74) is 5.31. The number of benzene rings is 2. The Labute approximate surface area is 133 Å². The van der Waals surface area contributed by atoms with Crippen molar-refractivity contribution >= 4 is 5.69 Å². The van der Waals surface area contributed by atoms with Crippen molar-refractivity contribution in [1.82, 2.24) is 0 Å². The third kappa shape index (κ3) is 3.02. The number of aliphatic hydroxyl groups excluding tert-OH is 1. The van der Waals surface area contributed by atoms with Gasteiger partial charge in [0, 0.05) is 12.2 Å². The SMILES string of the molecule is Cc1ccccc1Cc1ccc(N2CC[C@H](C)[C@H]2CO)cc1. The predicted octanol–water partition coefficient (Wildman–Crippen LogP) is 3.79. The first-order chi connectivity index (χ1) is 10.7. The molecule has 116 valence electrons. The summed E-state index contributed by atoms with van der Waals surface area (Å²) in [4.78, 5) is 2.35. The Bertz CT molecular complexity index is 620. The van der Waals surface area contributed by atoms with Crippen molar-refractivity contribution < 1.29 is 5.11 Å². The normalized spacial score (nSPS) is 21.3. The molecule has 22 heavy (non-hydrogen) atoms. The predicted molar refractivity (Wildman–Crippen MR) is 92.4 cm³/mol. The molecule has 2 aromatic rings. The summed E-state index contributed by atoms with van der Waals surface area (Å²) in [7, 11) is 0. The quantitative estimate of drug-likeness (QED) is 0.927. The topological polar surface area (TPSA) is 23.5 Å². The number of hydrogen-bond donors (Lipinski definition) is 1. The molecule has 1 N–H and O–H groups in total. The molecule has 1 aliphatic heterocycles. The Kier molecular flexibility index (Phi) is 4.49. The van der Waals surface area contributed by atoms with Gasteiger partial charge in [0.05, 0.1) is 12.6 Å². The second-order valence-electron chi connectivity index (χ2n) is 6.48. The molecule has 0 bridgehead atoms. The second kappa shape index (κ2) is 6.53. The zero-order valence-electron chi connectivity index (χ0n) is 13.5. The van der Waals surface area contributed by atoms with Crippen molar-refractivity contribution in [3.05, 3.63) is 65.2 Å². The van der Waals surface area contributed by atoms with Crippen LogP contribution in [0.5, 0.6) is 0 Å². The lowest BCUT2D eigenvalue weighted by atomic mass is 10.00. The van der Waals surface area contributed by atoms with Crippen LogP contribution in [0.3, 0.4) is 0 Å². The van der Waals surface area contributed by atoms with Crippen LogP contribution in [-0.2, 0) is 6.42 Å². The average Bonchev–Trinajstić information content (AvgIpc) is 2.91. The van der Waals surface area contributed by atoms with Crippen LogP contribution in [0.15, 0.2) is 48.5 Å². The molecule has 0 unspecified atom stereocenters. The Morgan fingerprint density at radius 2 is 1.82 bits per heavy atom. The molecule has 0 radical (unpaired) electrons. The molecule has 1 saturated heterocycles. The zero-order valence-corrected chi connectivity index (χ0v) is 13.5. The van der Waals surface area contributed by atoms with E-state index in [1.54, 1.807) is 0 Å². The van der Waals surface area contributed by atoms with Crippen LogP contribution >= 0.6 is 0 Å². The van der Waals surface area contributed by atoms with Crippen molar-refractivity contribution in [2.24, 2.45) is 5.92 Å². The maximum atomic E-state index is 9.61. The molecule has 0 aliphatic carbocycles. The largest absolute Gasteiger partial charge is 0.394 e. The van der Waals surface area contributed by atoms with Gasteiger partial charge in [0.2, 0.25) is 0 Å². The Morgan fingerprint density at radius 3 is 2.50 bits per heavy atom. The van der Waals surface area contributed by atoms with E-state index >= 15 is 0 Å². The molecule has 2 aromatic carbocycles. The van der Waals surface area contributed by atoms with Crippen LogP contribution in [0.4, 0.5) is 5.69 Å². The average molecular weight is 295 g/mol. The first kappa shape index (κ1) is 15.1. The molecule has 0 spiro atoms. The fraction of sp³-hybridized carbons (Fsp3) is 0.400. The van der Waals surface area contributed by atoms with E-state index in [9.17, 15) is 5.11 Å². The minimum Gasteiger partial charge on any atom is -0.394 e. The van der Waals surface area contributed by atoms with E-state index in [1.807, 2.05) is 0 Å². The van der Waals surface area contributed by atoms with Gasteiger partial charge in [-0.15, -0.1) is 0 Å². The summed E-state index contributed by atoms with van der Waals surface area (Å²) in [6.45, 7) is 5.68. The lowest BCUT2D eigenvalue weighted by Gasteiger charge is -2.27. The van der Waals surface area contributed by atoms with Crippen LogP contribution in [0.1, 0.15) is 30.0 Å². The summed E-state index contributed by atoms with van der Waals surface area (Å²) in [6, 6.07) is 17.7. The van der Waals surface area contributed by atoms with E-state index in [0.29, 0.717) is 5.92 Å². The molecular formula is C20H25NO. The van der Waals surface area contributed by atoms with Crippen molar-refractivity contribution in [3.8, 4) is 0 Å². The summed E-state index contributed by atoms with van der Waals surface area (Å²) in [6.07, 6.45) is 2.14. The maximum Gasteiger partial charge on any atom is 0.0637 e. The highest BCUT2D eigenvalue weighted by molar-refractivity contribution is 5.50. The summed E-state index contributed by atoms with van der Waals surface area (Å²) in [5, 5.41) is 9.61. The molecule has 1 aliphatic rings. The fourth-order valence-electron chi connectivity index (χ4n) is 3.44. The highest BCUT2D eigenvalue weighted by atomic mass is 16.3. The highest BCUT2D eigenvalue weighted by Crippen LogP contribution is 2.29. The summed E-state index contributed by atoms with van der Waals surface area (Å²) < 4.78 is 0. The number of aryl methyl sites for hydroxylation is 1. The van der Waals surface area contributed by atoms with Gasteiger partial charge in [-0.1, -0.05) is 43.3 Å². The Balaban J connectivity index is 1.74. The molecule has 1 heterocycles. The Morgan fingerprint density at radius 1 is 1.09 bits per heavy atom. The molecular weight excluding hydrogens is 270 g/mol. The van der Waals surface area contributed by atoms with Gasteiger partial charge in [-0.25, -0.2) is 0 Å². The minimum atomic E-state index is 0.242. The third-order valence-electron chi connectivity index (χ3n) is 4.99. The van der Waals surface area contributed by atoms with Crippen molar-refractivity contribution in [1.29, 1.82) is 0 Å². The van der Waals surface area contributed by atoms with Gasteiger partial charge in [0.15, 0.2) is 0 Å². The molecule has 0 saturated carbocycles. The molecule has 0 amide bonds. The number of rotatable bonds is 4. The van der Waals surface area contributed by atoms with E-state index in [2.05, 4.69) is 67.3 Å². The van der Waals surface area contributed by atoms with E-state index in [0.717, 1.165) is 19.4 Å². The second-order valence-corrected chi connectivity index (χ2v) is 6.48. The first-order valence-electron chi connectivity index (χ1n) is 8.20. The smallest absolute Gasteiger partial charge is 0.0637 e. The molecule has 1 fully saturated rings. The van der Waals surface area contributed by atoms with E-state index in [-0.39, 0.29) is 12.6 Å². The van der Waals surface area contributed by atoms with Crippen LogP contribution in [0, 0.1) is 12.8 Å². The highest BCUT2D eigenvalue weighted by Gasteiger charge is 2.30. The summed E-state index contributed by atoms with van der Waals surface area (Å²) in [5.74, 6) is 0.566. The zero-order chi connectivity index (χ0) is 15.5. The molecule has 0 aromatic heterocycles. The van der Waals surface area contributed by atoms with Crippen LogP contribution < -0.4 is 4.90 Å². The van der Waals surface area contributed by atoms with Gasteiger partial charge < -0.3 is 10.0 Å². The van der Waals surface area contributed by atoms with Gasteiger partial charge in [-0.3, -0.25) is 0 Å². The standard InChI is InChI=1S/C20H25NO/c1-15-5-3-4-6-18(15)13-17-7-9-19(10-8-17)21-12-11-16(2)20(21)14-22/h3-10,16,20,22H,11-14H2,1-2H3/t16-,20+/m0/s1. The lowest BCUT2D eigenvalue weighted by Crippen LogP contribution is -2.35. The van der Waals surface area contributed by atoms with Crippen LogP contribution in [0.2, 0.25) is 0 Å². The fourth-order valence-corrected chi connectivity index (χ4v) is 3.44. The number of aliphatic hydroxyl groups is 1. The van der Waals surface area contributed by atoms with Crippen LogP contribution in [0.25, 0.3) is 0 Å². The van der Waals surface area contributed by atoms with Gasteiger partial charge >= 0.3 is 0 Å². The van der Waals surface area contributed by atoms with E-state index in [4.69, 9.17) is 0 Å². The molecule has 2 heteroatoms. The molecule has 2 atom stereocenters. The van der Waals surface area contributed by atoms with Crippen molar-refractivity contribution in [3.63, 3.8) is 0 Å². The van der Waals surface area contributed by atoms with Gasteiger partial charge in [-0.2, -0.15) is 0 Å². The molecule has 2 nitrogen and oxygen atoms in total. The number of anilines is 1. The number of hydrogen-bond acceptors (Lipinski definition) is 2. The van der Waals surface area contributed by atoms with Crippen molar-refractivity contribution in [2.45, 2.75) is 32.7 Å². The number of nitrogens with zero attached hydrogens (tertiary/aromatic N) is 1.